The van der Waals surface area contributed by atoms with Gasteiger partial charge in [0.25, 0.3) is 0 Å². The number of ether oxygens (including phenoxy) is 3. The van der Waals surface area contributed by atoms with E-state index in [2.05, 4.69) is 32.9 Å². The molecule has 0 bridgehead atoms. The number of amides is 3. The summed E-state index contributed by atoms with van der Waals surface area (Å²) < 4.78 is 18.0. The van der Waals surface area contributed by atoms with E-state index in [1.54, 1.807) is 16.7 Å². The zero-order valence-corrected chi connectivity index (χ0v) is 21.0. The van der Waals surface area contributed by atoms with E-state index in [-0.39, 0.29) is 11.3 Å². The molecule has 0 aromatic heterocycles. The summed E-state index contributed by atoms with van der Waals surface area (Å²) in [6, 6.07) is 11.0. The Hall–Kier alpha value is -3.87. The monoisotopic (exact) mass is 475 g/mol. The zero-order chi connectivity index (χ0) is 25.3. The van der Waals surface area contributed by atoms with Crippen molar-refractivity contribution in [2.24, 2.45) is 5.92 Å². The summed E-state index contributed by atoms with van der Waals surface area (Å²) in [5, 5.41) is 0. The van der Waals surface area contributed by atoms with Crippen LogP contribution in [0, 0.1) is 5.92 Å². The average Bonchev–Trinajstić information content (AvgIpc) is 2.85. The number of anilines is 1. The second kappa shape index (κ2) is 9.41. The van der Waals surface area contributed by atoms with Gasteiger partial charge in [0.1, 0.15) is 23.9 Å². The summed E-state index contributed by atoms with van der Waals surface area (Å²) in [7, 11) is 4.49. The minimum Gasteiger partial charge on any atom is -0.493 e. The molecule has 0 saturated carbocycles. The maximum atomic E-state index is 13.8. The molecule has 2 aromatic rings. The molecule has 182 valence electrons. The highest BCUT2D eigenvalue weighted by Gasteiger charge is 2.48. The molecule has 0 spiro atoms. The number of methoxy groups -OCH3 is 3. The van der Waals surface area contributed by atoms with E-state index in [0.717, 1.165) is 5.56 Å². The van der Waals surface area contributed by atoms with Gasteiger partial charge in [-0.3, -0.25) is 0 Å². The van der Waals surface area contributed by atoms with Gasteiger partial charge in [-0.15, -0.1) is 4.90 Å². The molecular formula is C28H31N2O5+. The fraction of sp³-hybridized carbons (Fsp3) is 0.321. The van der Waals surface area contributed by atoms with E-state index in [0.29, 0.717) is 35.2 Å². The maximum Gasteiger partial charge on any atom is 0.506 e. The molecule has 0 N–H and O–H groups in total. The van der Waals surface area contributed by atoms with Crippen LogP contribution in [0.3, 0.4) is 0 Å². The highest BCUT2D eigenvalue weighted by Crippen LogP contribution is 2.42. The summed E-state index contributed by atoms with van der Waals surface area (Å²) in [5.74, 6) is 0.199. The number of urea groups is 1. The van der Waals surface area contributed by atoms with Crippen LogP contribution in [0.4, 0.5) is 10.5 Å². The molecule has 4 rings (SSSR count). The first kappa shape index (κ1) is 24.3. The van der Waals surface area contributed by atoms with E-state index in [1.165, 1.54) is 31.8 Å². The number of benzene rings is 2. The van der Waals surface area contributed by atoms with Gasteiger partial charge in [0.15, 0.2) is 11.5 Å². The highest BCUT2D eigenvalue weighted by atomic mass is 16.5. The molecule has 1 aliphatic heterocycles. The van der Waals surface area contributed by atoms with Crippen LogP contribution in [-0.4, -0.2) is 43.6 Å². The Balaban J connectivity index is 1.79. The van der Waals surface area contributed by atoms with Crippen LogP contribution in [-0.2, 0) is 16.8 Å². The van der Waals surface area contributed by atoms with Gasteiger partial charge < -0.3 is 14.2 Å². The number of imide groups is 1. The molecule has 1 aliphatic carbocycles. The van der Waals surface area contributed by atoms with Gasteiger partial charge in [-0.2, -0.15) is 9.37 Å². The van der Waals surface area contributed by atoms with E-state index in [1.807, 2.05) is 36.4 Å². The molecule has 35 heavy (non-hydrogen) atoms. The third-order valence-corrected chi connectivity index (χ3v) is 6.29. The van der Waals surface area contributed by atoms with Gasteiger partial charge in [-0.05, 0) is 22.6 Å². The molecule has 1 atom stereocenters. The summed E-state index contributed by atoms with van der Waals surface area (Å²) in [6.45, 7) is 6.82. The summed E-state index contributed by atoms with van der Waals surface area (Å²) in [4.78, 5) is 28.5. The lowest BCUT2D eigenvalue weighted by Crippen LogP contribution is -2.54. The quantitative estimate of drug-likeness (QED) is 0.558. The number of hydrogen-bond acceptors (Lipinski definition) is 5. The van der Waals surface area contributed by atoms with Gasteiger partial charge >= 0.3 is 11.9 Å². The third kappa shape index (κ3) is 4.46. The smallest absolute Gasteiger partial charge is 0.493 e. The summed E-state index contributed by atoms with van der Waals surface area (Å²) in [6.07, 6.45) is 7.31. The van der Waals surface area contributed by atoms with Crippen molar-refractivity contribution in [2.75, 3.05) is 26.2 Å². The second-order valence-corrected chi connectivity index (χ2v) is 9.52. The lowest BCUT2D eigenvalue weighted by molar-refractivity contribution is -0.445. The minimum atomic E-state index is -0.578. The molecule has 7 heteroatoms. The van der Waals surface area contributed by atoms with E-state index >= 15 is 0 Å². The van der Waals surface area contributed by atoms with Crippen molar-refractivity contribution >= 4 is 23.3 Å². The molecule has 0 fully saturated rings. The molecule has 2 aromatic carbocycles. The fourth-order valence-corrected chi connectivity index (χ4v) is 4.35. The Kier molecular flexibility index (Phi) is 6.52. The van der Waals surface area contributed by atoms with Crippen LogP contribution < -0.4 is 19.1 Å². The first-order valence-electron chi connectivity index (χ1n) is 11.5. The fourth-order valence-electron chi connectivity index (χ4n) is 4.35. The average molecular weight is 476 g/mol. The van der Waals surface area contributed by atoms with Crippen LogP contribution in [0.25, 0.3) is 0 Å². The lowest BCUT2D eigenvalue weighted by Gasteiger charge is -2.27. The SMILES string of the molecule is COc1cc(N2C(=O)C3C=CC=CC3=[N+](Cc3ccc(C(C)(C)C)cc3)C2=O)cc(OC)c1OC. The first-order chi connectivity index (χ1) is 16.7. The largest absolute Gasteiger partial charge is 0.506 e. The van der Waals surface area contributed by atoms with Crippen molar-refractivity contribution in [3.8, 4) is 17.2 Å². The number of carbonyl (C=O) groups is 2. The molecule has 1 heterocycles. The number of rotatable bonds is 6. The van der Waals surface area contributed by atoms with Crippen molar-refractivity contribution < 1.29 is 28.4 Å². The van der Waals surface area contributed by atoms with Crippen LogP contribution >= 0.6 is 0 Å². The van der Waals surface area contributed by atoms with Crippen molar-refractivity contribution in [1.82, 2.24) is 0 Å². The van der Waals surface area contributed by atoms with Gasteiger partial charge in [0.2, 0.25) is 5.75 Å². The van der Waals surface area contributed by atoms with Crippen LogP contribution in [0.15, 0.2) is 60.7 Å². The van der Waals surface area contributed by atoms with Gasteiger partial charge in [0.05, 0.1) is 21.3 Å². The highest BCUT2D eigenvalue weighted by molar-refractivity contribution is 6.26. The maximum absolute atomic E-state index is 13.8. The van der Waals surface area contributed by atoms with Crippen LogP contribution in [0.2, 0.25) is 0 Å². The summed E-state index contributed by atoms with van der Waals surface area (Å²) >= 11 is 0. The summed E-state index contributed by atoms with van der Waals surface area (Å²) in [5.41, 5.74) is 3.23. The minimum absolute atomic E-state index is 0.0336. The van der Waals surface area contributed by atoms with Crippen LogP contribution in [0.1, 0.15) is 31.9 Å². The zero-order valence-electron chi connectivity index (χ0n) is 21.0. The number of allylic oxidation sites excluding steroid dienone is 3. The normalized spacial score (nSPS) is 17.5. The Morgan fingerprint density at radius 2 is 1.54 bits per heavy atom. The predicted octanol–water partition coefficient (Wildman–Crippen LogP) is 4.87. The number of fused-ring (bicyclic) bond motifs is 1. The third-order valence-electron chi connectivity index (χ3n) is 6.29. The lowest BCUT2D eigenvalue weighted by atomic mass is 9.86. The van der Waals surface area contributed by atoms with Gasteiger partial charge in [0, 0.05) is 12.1 Å². The predicted molar refractivity (Wildman–Crippen MR) is 135 cm³/mol. The molecule has 7 nitrogen and oxygen atoms in total. The Morgan fingerprint density at radius 1 is 0.914 bits per heavy atom. The van der Waals surface area contributed by atoms with Crippen molar-refractivity contribution in [2.45, 2.75) is 32.7 Å². The van der Waals surface area contributed by atoms with Crippen molar-refractivity contribution in [3.63, 3.8) is 0 Å². The Labute approximate surface area is 205 Å². The molecule has 0 saturated heterocycles. The van der Waals surface area contributed by atoms with Gasteiger partial charge in [-0.1, -0.05) is 63.3 Å². The topological polar surface area (TPSA) is 68.1 Å². The number of nitrogens with zero attached hydrogens (tertiary/aromatic N) is 2. The standard InChI is InChI=1S/C28H31N2O5/c1-28(2,3)19-13-11-18(12-14-19)17-29-22-10-8-7-9-21(22)26(31)30(27(29)32)20-15-23(33-4)25(35-6)24(16-20)34-5/h7-16,21H,17H2,1-6H3/q+1. The van der Waals surface area contributed by atoms with Gasteiger partial charge in [-0.25, -0.2) is 4.79 Å². The molecule has 2 aliphatic rings. The van der Waals surface area contributed by atoms with E-state index < -0.39 is 11.9 Å². The second-order valence-electron chi connectivity index (χ2n) is 9.52. The first-order valence-corrected chi connectivity index (χ1v) is 11.5. The molecule has 0 radical (unpaired) electrons. The molecular weight excluding hydrogens is 444 g/mol. The Morgan fingerprint density at radius 3 is 2.09 bits per heavy atom. The molecule has 1 unspecified atom stereocenters. The molecule has 3 amide bonds. The van der Waals surface area contributed by atoms with Crippen LogP contribution in [0.5, 0.6) is 17.2 Å². The van der Waals surface area contributed by atoms with Crippen molar-refractivity contribution in [3.05, 3.63) is 71.8 Å². The number of carbonyl (C=O) groups excluding carboxylic acids is 2. The van der Waals surface area contributed by atoms with E-state index in [9.17, 15) is 9.59 Å². The van der Waals surface area contributed by atoms with Crippen molar-refractivity contribution in [1.29, 1.82) is 0 Å². The van der Waals surface area contributed by atoms with E-state index in [4.69, 9.17) is 14.2 Å². The Bertz CT molecular complexity index is 1220. The number of hydrogen-bond donors (Lipinski definition) is 0.